The fourth-order valence-corrected chi connectivity index (χ4v) is 1.55. The van der Waals surface area contributed by atoms with E-state index in [0.29, 0.717) is 13.1 Å². The Morgan fingerprint density at radius 2 is 1.76 bits per heavy atom. The van der Waals surface area contributed by atoms with Gasteiger partial charge in [0.25, 0.3) is 0 Å². The zero-order chi connectivity index (χ0) is 13.1. The monoisotopic (exact) mass is 245 g/mol. The fourth-order valence-electron chi connectivity index (χ4n) is 1.55. The third-order valence-corrected chi connectivity index (χ3v) is 2.23. The molecule has 0 heterocycles. The minimum Gasteiger partial charge on any atom is -0.299 e. The average Bonchev–Trinajstić information content (AvgIpc) is 2.15. The van der Waals surface area contributed by atoms with E-state index in [0.717, 1.165) is 17.7 Å². The van der Waals surface area contributed by atoms with Gasteiger partial charge in [-0.1, -0.05) is 12.1 Å². The lowest BCUT2D eigenvalue weighted by molar-refractivity contribution is -0.137. The second-order valence-electron chi connectivity index (χ2n) is 4.07. The van der Waals surface area contributed by atoms with Gasteiger partial charge in [-0.05, 0) is 31.7 Å². The summed E-state index contributed by atoms with van der Waals surface area (Å²) in [6.07, 6.45) is -4.30. The number of benzene rings is 1. The summed E-state index contributed by atoms with van der Waals surface area (Å²) in [4.78, 5) is 12.6. The molecule has 1 rings (SSSR count). The minimum atomic E-state index is -4.30. The average molecular weight is 245 g/mol. The molecule has 0 unspecified atom stereocenters. The van der Waals surface area contributed by atoms with Gasteiger partial charge in [0.1, 0.15) is 5.78 Å². The van der Waals surface area contributed by atoms with Crippen molar-refractivity contribution in [1.82, 2.24) is 4.90 Å². The molecule has 0 saturated heterocycles. The van der Waals surface area contributed by atoms with Crippen molar-refractivity contribution in [2.45, 2.75) is 19.6 Å². The molecule has 0 fully saturated rings. The van der Waals surface area contributed by atoms with E-state index in [1.54, 1.807) is 11.9 Å². The molecule has 0 aliphatic rings. The quantitative estimate of drug-likeness (QED) is 0.813. The normalized spacial score (nSPS) is 11.9. The summed E-state index contributed by atoms with van der Waals surface area (Å²) in [5.41, 5.74) is 0.0946. The van der Waals surface area contributed by atoms with Crippen molar-refractivity contribution < 1.29 is 18.0 Å². The SMILES string of the molecule is CC(=O)CN(C)Cc1ccc(C(F)(F)F)cc1. The number of carbonyl (C=O) groups is 1. The first-order valence-electron chi connectivity index (χ1n) is 5.13. The topological polar surface area (TPSA) is 20.3 Å². The van der Waals surface area contributed by atoms with Gasteiger partial charge in [0.15, 0.2) is 0 Å². The number of carbonyl (C=O) groups excluding carboxylic acids is 1. The summed E-state index contributed by atoms with van der Waals surface area (Å²) >= 11 is 0. The zero-order valence-electron chi connectivity index (χ0n) is 9.71. The lowest BCUT2D eigenvalue weighted by atomic mass is 10.1. The maximum absolute atomic E-state index is 12.3. The van der Waals surface area contributed by atoms with E-state index in [4.69, 9.17) is 0 Å². The largest absolute Gasteiger partial charge is 0.416 e. The molecule has 0 spiro atoms. The third kappa shape index (κ3) is 4.56. The first-order valence-corrected chi connectivity index (χ1v) is 5.13. The van der Waals surface area contributed by atoms with E-state index >= 15 is 0 Å². The molecule has 0 amide bonds. The Balaban J connectivity index is 2.66. The summed E-state index contributed by atoms with van der Waals surface area (Å²) < 4.78 is 36.9. The van der Waals surface area contributed by atoms with Crippen LogP contribution in [0.25, 0.3) is 0 Å². The van der Waals surface area contributed by atoms with Crippen LogP contribution in [0, 0.1) is 0 Å². The smallest absolute Gasteiger partial charge is 0.299 e. The highest BCUT2D eigenvalue weighted by molar-refractivity contribution is 5.77. The van der Waals surface area contributed by atoms with Crippen LogP contribution in [-0.4, -0.2) is 24.3 Å². The van der Waals surface area contributed by atoms with E-state index in [-0.39, 0.29) is 5.78 Å². The summed E-state index contributed by atoms with van der Waals surface area (Å²) in [6, 6.07) is 4.97. The van der Waals surface area contributed by atoms with Gasteiger partial charge in [0.05, 0.1) is 12.1 Å². The molecule has 0 aliphatic heterocycles. The lowest BCUT2D eigenvalue weighted by Gasteiger charge is -2.15. The molecule has 5 heteroatoms. The Labute approximate surface area is 98.0 Å². The van der Waals surface area contributed by atoms with Gasteiger partial charge >= 0.3 is 6.18 Å². The van der Waals surface area contributed by atoms with Gasteiger partial charge < -0.3 is 0 Å². The number of hydrogen-bond donors (Lipinski definition) is 0. The van der Waals surface area contributed by atoms with Gasteiger partial charge in [0, 0.05) is 6.54 Å². The molecule has 0 N–H and O–H groups in total. The van der Waals surface area contributed by atoms with Crippen molar-refractivity contribution in [2.75, 3.05) is 13.6 Å². The summed E-state index contributed by atoms with van der Waals surface area (Å²) in [5, 5.41) is 0. The maximum atomic E-state index is 12.3. The van der Waals surface area contributed by atoms with Crippen molar-refractivity contribution in [2.24, 2.45) is 0 Å². The van der Waals surface area contributed by atoms with Gasteiger partial charge in [-0.15, -0.1) is 0 Å². The molecule has 0 bridgehead atoms. The molecule has 0 aromatic heterocycles. The first-order chi connectivity index (χ1) is 7.79. The van der Waals surface area contributed by atoms with Crippen LogP contribution in [0.1, 0.15) is 18.1 Å². The molecule has 0 saturated carbocycles. The standard InChI is InChI=1S/C12H14F3NO/c1-9(17)7-16(2)8-10-3-5-11(6-4-10)12(13,14)15/h3-6H,7-8H2,1-2H3. The second kappa shape index (κ2) is 5.31. The molecule has 0 aliphatic carbocycles. The molecule has 94 valence electrons. The van der Waals surface area contributed by atoms with E-state index in [1.165, 1.54) is 19.1 Å². The molecule has 2 nitrogen and oxygen atoms in total. The Bertz CT molecular complexity index is 384. The number of Topliss-reactive ketones (excluding diaryl/α,β-unsaturated/α-hetero) is 1. The number of ketones is 1. The van der Waals surface area contributed by atoms with Crippen LogP contribution >= 0.6 is 0 Å². The van der Waals surface area contributed by atoms with E-state index < -0.39 is 11.7 Å². The van der Waals surface area contributed by atoms with Crippen LogP contribution in [0.4, 0.5) is 13.2 Å². The molecular formula is C12H14F3NO. The maximum Gasteiger partial charge on any atom is 0.416 e. The van der Waals surface area contributed by atoms with Gasteiger partial charge in [0.2, 0.25) is 0 Å². The van der Waals surface area contributed by atoms with Gasteiger partial charge in [-0.2, -0.15) is 13.2 Å². The third-order valence-electron chi connectivity index (χ3n) is 2.23. The van der Waals surface area contributed by atoms with Crippen LogP contribution in [-0.2, 0) is 17.5 Å². The van der Waals surface area contributed by atoms with Crippen molar-refractivity contribution in [3.8, 4) is 0 Å². The summed E-state index contributed by atoms with van der Waals surface area (Å²) in [7, 11) is 1.75. The van der Waals surface area contributed by atoms with Crippen LogP contribution in [0.5, 0.6) is 0 Å². The Morgan fingerprint density at radius 1 is 1.24 bits per heavy atom. The van der Waals surface area contributed by atoms with Crippen LogP contribution < -0.4 is 0 Å². The molecule has 17 heavy (non-hydrogen) atoms. The molecule has 1 aromatic rings. The number of nitrogens with zero attached hydrogens (tertiary/aromatic N) is 1. The molecule has 0 radical (unpaired) electrons. The van der Waals surface area contributed by atoms with E-state index in [1.807, 2.05) is 0 Å². The van der Waals surface area contributed by atoms with Crippen LogP contribution in [0.3, 0.4) is 0 Å². The number of halogens is 3. The Morgan fingerprint density at radius 3 is 2.18 bits per heavy atom. The minimum absolute atomic E-state index is 0.0272. The highest BCUT2D eigenvalue weighted by atomic mass is 19.4. The van der Waals surface area contributed by atoms with E-state index in [9.17, 15) is 18.0 Å². The number of alkyl halides is 3. The van der Waals surface area contributed by atoms with E-state index in [2.05, 4.69) is 0 Å². The Kier molecular flexibility index (Phi) is 4.28. The highest BCUT2D eigenvalue weighted by Gasteiger charge is 2.29. The first kappa shape index (κ1) is 13.7. The summed E-state index contributed by atoms with van der Waals surface area (Å²) in [6.45, 7) is 2.22. The highest BCUT2D eigenvalue weighted by Crippen LogP contribution is 2.29. The number of hydrogen-bond acceptors (Lipinski definition) is 2. The van der Waals surface area contributed by atoms with Gasteiger partial charge in [-0.3, -0.25) is 9.69 Å². The van der Waals surface area contributed by atoms with Crippen LogP contribution in [0.2, 0.25) is 0 Å². The zero-order valence-corrected chi connectivity index (χ0v) is 9.71. The second-order valence-corrected chi connectivity index (χ2v) is 4.07. The van der Waals surface area contributed by atoms with Crippen molar-refractivity contribution in [1.29, 1.82) is 0 Å². The molecular weight excluding hydrogens is 231 g/mol. The summed E-state index contributed by atoms with van der Waals surface area (Å²) in [5.74, 6) is 0.0272. The van der Waals surface area contributed by atoms with Crippen LogP contribution in [0.15, 0.2) is 24.3 Å². The van der Waals surface area contributed by atoms with Crippen molar-refractivity contribution in [3.05, 3.63) is 35.4 Å². The van der Waals surface area contributed by atoms with Crippen molar-refractivity contribution in [3.63, 3.8) is 0 Å². The lowest BCUT2D eigenvalue weighted by Crippen LogP contribution is -2.23. The molecule has 0 atom stereocenters. The Hall–Kier alpha value is -1.36. The molecule has 1 aromatic carbocycles. The number of likely N-dealkylation sites (N-methyl/N-ethyl adjacent to an activating group) is 1. The fraction of sp³-hybridized carbons (Fsp3) is 0.417. The number of rotatable bonds is 4. The predicted octanol–water partition coefficient (Wildman–Crippen LogP) is 2.73. The predicted molar refractivity (Wildman–Crippen MR) is 58.5 cm³/mol. The van der Waals surface area contributed by atoms with Gasteiger partial charge in [-0.25, -0.2) is 0 Å². The van der Waals surface area contributed by atoms with Crippen molar-refractivity contribution >= 4 is 5.78 Å².